The Bertz CT molecular complexity index is 486. The van der Waals surface area contributed by atoms with E-state index < -0.39 is 0 Å². The zero-order chi connectivity index (χ0) is 14.0. The van der Waals surface area contributed by atoms with E-state index in [-0.39, 0.29) is 11.9 Å². The molecule has 6 heteroatoms. The van der Waals surface area contributed by atoms with Crippen molar-refractivity contribution in [2.24, 2.45) is 0 Å². The highest BCUT2D eigenvalue weighted by Gasteiger charge is 2.24. The van der Waals surface area contributed by atoms with E-state index in [1.165, 1.54) is 0 Å². The number of rotatable bonds is 3. The van der Waals surface area contributed by atoms with Crippen LogP contribution in [0.15, 0.2) is 0 Å². The quantitative estimate of drug-likeness (QED) is 0.923. The van der Waals surface area contributed by atoms with Gasteiger partial charge in [-0.3, -0.25) is 4.79 Å². The number of anilines is 1. The van der Waals surface area contributed by atoms with E-state index >= 15 is 0 Å². The molecule has 1 aliphatic heterocycles. The third kappa shape index (κ3) is 3.15. The summed E-state index contributed by atoms with van der Waals surface area (Å²) in [6.45, 7) is 7.25. The van der Waals surface area contributed by atoms with Crippen molar-refractivity contribution in [3.05, 3.63) is 16.5 Å². The predicted molar refractivity (Wildman–Crippen MR) is 75.4 cm³/mol. The van der Waals surface area contributed by atoms with E-state index in [1.54, 1.807) is 0 Å². The first-order valence-electron chi connectivity index (χ1n) is 6.55. The third-order valence-corrected chi connectivity index (χ3v) is 3.67. The first-order chi connectivity index (χ1) is 8.99. The molecular formula is C13H19ClN4O. The van der Waals surface area contributed by atoms with Gasteiger partial charge in [-0.15, -0.1) is 0 Å². The lowest BCUT2D eigenvalue weighted by molar-refractivity contribution is -0.130. The molecule has 104 valence electrons. The summed E-state index contributed by atoms with van der Waals surface area (Å²) in [4.78, 5) is 22.6. The molecule has 0 radical (unpaired) electrons. The largest absolute Gasteiger partial charge is 0.356 e. The molecule has 1 unspecified atom stereocenters. The molecule has 0 aliphatic carbocycles. The Morgan fingerprint density at radius 1 is 1.26 bits per heavy atom. The summed E-state index contributed by atoms with van der Waals surface area (Å²) in [5.74, 6) is 0.568. The standard InChI is InChI=1S/C13H19ClN4O/c1-8-9(2)16-12(11(14)15-8)17-10(3)13(19)18-6-4-5-7-18/h10H,4-7H2,1-3H3,(H,16,17). The van der Waals surface area contributed by atoms with Crippen molar-refractivity contribution in [1.29, 1.82) is 0 Å². The molecule has 1 aliphatic rings. The van der Waals surface area contributed by atoms with Crippen molar-refractivity contribution >= 4 is 23.3 Å². The van der Waals surface area contributed by atoms with Crippen LogP contribution in [-0.4, -0.2) is 39.9 Å². The Hall–Kier alpha value is -1.36. The van der Waals surface area contributed by atoms with Gasteiger partial charge in [-0.05, 0) is 33.6 Å². The van der Waals surface area contributed by atoms with Crippen molar-refractivity contribution < 1.29 is 4.79 Å². The fourth-order valence-corrected chi connectivity index (χ4v) is 2.37. The van der Waals surface area contributed by atoms with Gasteiger partial charge in [0, 0.05) is 13.1 Å². The molecule has 5 nitrogen and oxygen atoms in total. The molecule has 1 saturated heterocycles. The first kappa shape index (κ1) is 14.1. The van der Waals surface area contributed by atoms with Gasteiger partial charge in [0.2, 0.25) is 5.91 Å². The first-order valence-corrected chi connectivity index (χ1v) is 6.93. The van der Waals surface area contributed by atoms with Crippen molar-refractivity contribution in [2.75, 3.05) is 18.4 Å². The number of nitrogens with zero attached hydrogens (tertiary/aromatic N) is 3. The smallest absolute Gasteiger partial charge is 0.244 e. The lowest BCUT2D eigenvalue weighted by Gasteiger charge is -2.21. The summed E-state index contributed by atoms with van der Waals surface area (Å²) in [5.41, 5.74) is 1.61. The van der Waals surface area contributed by atoms with Crippen LogP contribution in [0.3, 0.4) is 0 Å². The number of hydrogen-bond acceptors (Lipinski definition) is 4. The molecule has 2 heterocycles. The average Bonchev–Trinajstić information content (AvgIpc) is 2.88. The van der Waals surface area contributed by atoms with Crippen LogP contribution in [0, 0.1) is 13.8 Å². The molecule has 1 amide bonds. The van der Waals surface area contributed by atoms with E-state index in [0.29, 0.717) is 11.0 Å². The molecular weight excluding hydrogens is 264 g/mol. The number of carbonyl (C=O) groups excluding carboxylic acids is 1. The third-order valence-electron chi connectivity index (χ3n) is 3.41. The van der Waals surface area contributed by atoms with Crippen molar-refractivity contribution in [2.45, 2.75) is 39.7 Å². The van der Waals surface area contributed by atoms with Gasteiger partial charge in [0.05, 0.1) is 11.4 Å². The van der Waals surface area contributed by atoms with Gasteiger partial charge >= 0.3 is 0 Å². The predicted octanol–water partition coefficient (Wildman–Crippen LogP) is 2.17. The number of amides is 1. The maximum atomic E-state index is 12.2. The zero-order valence-corrected chi connectivity index (χ0v) is 12.3. The Kier molecular flexibility index (Phi) is 4.24. The molecule has 0 bridgehead atoms. The summed E-state index contributed by atoms with van der Waals surface area (Å²) in [5, 5.41) is 3.37. The summed E-state index contributed by atoms with van der Waals surface area (Å²) in [6, 6.07) is -0.341. The highest BCUT2D eigenvalue weighted by molar-refractivity contribution is 6.31. The van der Waals surface area contributed by atoms with Gasteiger partial charge in [-0.25, -0.2) is 9.97 Å². The van der Waals surface area contributed by atoms with Gasteiger partial charge in [0.1, 0.15) is 6.04 Å². The number of aromatic nitrogens is 2. The molecule has 1 aromatic rings. The second-order valence-electron chi connectivity index (χ2n) is 4.93. The lowest BCUT2D eigenvalue weighted by atomic mass is 10.3. The van der Waals surface area contributed by atoms with Crippen LogP contribution < -0.4 is 5.32 Å². The minimum Gasteiger partial charge on any atom is -0.356 e. The summed E-state index contributed by atoms with van der Waals surface area (Å²) < 4.78 is 0. The molecule has 0 spiro atoms. The topological polar surface area (TPSA) is 58.1 Å². The maximum Gasteiger partial charge on any atom is 0.244 e. The van der Waals surface area contributed by atoms with Crippen LogP contribution in [0.1, 0.15) is 31.2 Å². The van der Waals surface area contributed by atoms with Gasteiger partial charge in [0.25, 0.3) is 0 Å². The van der Waals surface area contributed by atoms with Gasteiger partial charge in [0.15, 0.2) is 11.0 Å². The highest BCUT2D eigenvalue weighted by Crippen LogP contribution is 2.20. The van der Waals surface area contributed by atoms with Gasteiger partial charge in [-0.1, -0.05) is 11.6 Å². The second kappa shape index (κ2) is 5.74. The SMILES string of the molecule is Cc1nc(Cl)c(NC(C)C(=O)N2CCCC2)nc1C. The van der Waals surface area contributed by atoms with E-state index in [1.807, 2.05) is 25.7 Å². The summed E-state index contributed by atoms with van der Waals surface area (Å²) in [6.07, 6.45) is 2.17. The number of carbonyl (C=O) groups is 1. The molecule has 19 heavy (non-hydrogen) atoms. The molecule has 1 N–H and O–H groups in total. The summed E-state index contributed by atoms with van der Waals surface area (Å²) >= 11 is 6.05. The Morgan fingerprint density at radius 3 is 2.47 bits per heavy atom. The second-order valence-corrected chi connectivity index (χ2v) is 5.29. The maximum absolute atomic E-state index is 12.2. The van der Waals surface area contributed by atoms with E-state index in [4.69, 9.17) is 11.6 Å². The molecule has 2 rings (SSSR count). The number of aryl methyl sites for hydroxylation is 2. The van der Waals surface area contributed by atoms with Crippen LogP contribution in [0.2, 0.25) is 5.15 Å². The van der Waals surface area contributed by atoms with Crippen LogP contribution >= 0.6 is 11.6 Å². The van der Waals surface area contributed by atoms with Crippen molar-refractivity contribution in [3.63, 3.8) is 0 Å². The highest BCUT2D eigenvalue weighted by atomic mass is 35.5. The van der Waals surface area contributed by atoms with Crippen LogP contribution in [0.5, 0.6) is 0 Å². The minimum absolute atomic E-state index is 0.0913. The molecule has 0 aromatic carbocycles. The van der Waals surface area contributed by atoms with E-state index in [2.05, 4.69) is 15.3 Å². The number of hydrogen-bond donors (Lipinski definition) is 1. The number of likely N-dealkylation sites (tertiary alicyclic amines) is 1. The summed E-state index contributed by atoms with van der Waals surface area (Å²) in [7, 11) is 0. The fraction of sp³-hybridized carbons (Fsp3) is 0.615. The van der Waals surface area contributed by atoms with Crippen molar-refractivity contribution in [3.8, 4) is 0 Å². The van der Waals surface area contributed by atoms with Gasteiger partial charge in [-0.2, -0.15) is 0 Å². The molecule has 1 fully saturated rings. The number of nitrogens with one attached hydrogen (secondary N) is 1. The van der Waals surface area contributed by atoms with Gasteiger partial charge < -0.3 is 10.2 Å². The number of halogens is 1. The molecule has 1 atom stereocenters. The minimum atomic E-state index is -0.341. The lowest BCUT2D eigenvalue weighted by Crippen LogP contribution is -2.39. The Balaban J connectivity index is 2.08. The fourth-order valence-electron chi connectivity index (χ4n) is 2.15. The normalized spacial score (nSPS) is 16.5. The van der Waals surface area contributed by atoms with Crippen LogP contribution in [0.4, 0.5) is 5.82 Å². The molecule has 1 aromatic heterocycles. The Labute approximate surface area is 118 Å². The van der Waals surface area contributed by atoms with E-state index in [0.717, 1.165) is 37.3 Å². The van der Waals surface area contributed by atoms with Crippen LogP contribution in [-0.2, 0) is 4.79 Å². The Morgan fingerprint density at radius 2 is 1.84 bits per heavy atom. The molecule has 0 saturated carbocycles. The van der Waals surface area contributed by atoms with E-state index in [9.17, 15) is 4.79 Å². The zero-order valence-electron chi connectivity index (χ0n) is 11.5. The monoisotopic (exact) mass is 282 g/mol. The van der Waals surface area contributed by atoms with Crippen LogP contribution in [0.25, 0.3) is 0 Å². The average molecular weight is 283 g/mol. The van der Waals surface area contributed by atoms with Crippen molar-refractivity contribution in [1.82, 2.24) is 14.9 Å².